The van der Waals surface area contributed by atoms with Gasteiger partial charge in [0.2, 0.25) is 5.91 Å². The Morgan fingerprint density at radius 2 is 1.54 bits per heavy atom. The van der Waals surface area contributed by atoms with E-state index in [1.54, 1.807) is 35.2 Å². The molecule has 0 bridgehead atoms. The largest absolute Gasteiger partial charge is 0.481 e. The number of nitrogens with zero attached hydrogens (tertiary/aromatic N) is 1. The standard InChI is InChI=1S/C26H36N4O9/c1-2-22(31)29-20-6-3-19(4-7-20)13-21(28-15-25(36)37)16-30(17-26(38)39)12-10-18(5-8-23(32)33)9-11-27-14-24(34)35/h2-4,6-7,10,21,27-28H,1,5,8-9,11-17H2,(H,29,31)(H,32,33)(H,34,35)(H,36,37)(H,38,39)/b18-10-. The second-order valence-electron chi connectivity index (χ2n) is 8.73. The minimum Gasteiger partial charge on any atom is -0.481 e. The number of benzene rings is 1. The van der Waals surface area contributed by atoms with Gasteiger partial charge in [-0.15, -0.1) is 0 Å². The maximum absolute atomic E-state index is 11.5. The SMILES string of the molecule is C=CC(=O)Nc1ccc(CC(CN(C/C=C(\CCNCC(=O)O)CCC(=O)O)CC(=O)O)NCC(=O)O)cc1. The molecule has 0 heterocycles. The molecule has 39 heavy (non-hydrogen) atoms. The second kappa shape index (κ2) is 18.2. The van der Waals surface area contributed by atoms with Crippen molar-refractivity contribution in [1.82, 2.24) is 15.5 Å². The van der Waals surface area contributed by atoms with Gasteiger partial charge in [0, 0.05) is 31.2 Å². The predicted octanol–water partition coefficient (Wildman–Crippen LogP) is 0.639. The molecule has 13 heteroatoms. The van der Waals surface area contributed by atoms with Crippen molar-refractivity contribution < 1.29 is 44.4 Å². The number of carbonyl (C=O) groups excluding carboxylic acids is 1. The van der Waals surface area contributed by atoms with E-state index < -0.39 is 29.9 Å². The normalized spacial score (nSPS) is 12.1. The molecule has 0 fully saturated rings. The van der Waals surface area contributed by atoms with Crippen LogP contribution in [0, 0.1) is 0 Å². The average Bonchev–Trinajstić information content (AvgIpc) is 2.86. The van der Waals surface area contributed by atoms with E-state index in [1.165, 1.54) is 0 Å². The summed E-state index contributed by atoms with van der Waals surface area (Å²) >= 11 is 0. The molecular weight excluding hydrogens is 512 g/mol. The lowest BCUT2D eigenvalue weighted by atomic mass is 10.0. The van der Waals surface area contributed by atoms with Gasteiger partial charge in [-0.05, 0) is 49.6 Å². The van der Waals surface area contributed by atoms with Gasteiger partial charge in [-0.2, -0.15) is 0 Å². The highest BCUT2D eigenvalue weighted by Gasteiger charge is 2.18. The number of carboxylic acid groups (broad SMARTS) is 4. The van der Waals surface area contributed by atoms with Gasteiger partial charge in [-0.1, -0.05) is 30.4 Å². The van der Waals surface area contributed by atoms with Crippen molar-refractivity contribution in [3.05, 3.63) is 54.1 Å². The number of hydrogen-bond acceptors (Lipinski definition) is 8. The molecule has 0 aliphatic heterocycles. The van der Waals surface area contributed by atoms with Crippen molar-refractivity contribution in [3.63, 3.8) is 0 Å². The third-order valence-electron chi connectivity index (χ3n) is 5.47. The van der Waals surface area contributed by atoms with Gasteiger partial charge in [0.05, 0.1) is 19.6 Å². The van der Waals surface area contributed by atoms with Crippen LogP contribution in [0.25, 0.3) is 0 Å². The summed E-state index contributed by atoms with van der Waals surface area (Å²) in [5, 5.41) is 44.7. The molecule has 1 rings (SSSR count). The smallest absolute Gasteiger partial charge is 0.317 e. The van der Waals surface area contributed by atoms with Crippen LogP contribution >= 0.6 is 0 Å². The third-order valence-corrected chi connectivity index (χ3v) is 5.47. The number of aliphatic carboxylic acids is 4. The molecule has 0 saturated carbocycles. The lowest BCUT2D eigenvalue weighted by Gasteiger charge is -2.26. The van der Waals surface area contributed by atoms with Crippen LogP contribution in [0.15, 0.2) is 48.6 Å². The van der Waals surface area contributed by atoms with E-state index in [0.717, 1.165) is 17.2 Å². The first-order chi connectivity index (χ1) is 18.5. The van der Waals surface area contributed by atoms with E-state index in [1.807, 2.05) is 0 Å². The molecule has 1 atom stereocenters. The Balaban J connectivity index is 3.00. The molecule has 7 N–H and O–H groups in total. The summed E-state index contributed by atoms with van der Waals surface area (Å²) in [5.41, 5.74) is 2.12. The van der Waals surface area contributed by atoms with Crippen LogP contribution in [0.4, 0.5) is 5.69 Å². The van der Waals surface area contributed by atoms with Crippen LogP contribution < -0.4 is 16.0 Å². The fourth-order valence-electron chi connectivity index (χ4n) is 3.64. The molecule has 214 valence electrons. The van der Waals surface area contributed by atoms with Crippen LogP contribution in [0.2, 0.25) is 0 Å². The molecular formula is C26H36N4O9. The Morgan fingerprint density at radius 3 is 2.10 bits per heavy atom. The monoisotopic (exact) mass is 548 g/mol. The Labute approximate surface area is 226 Å². The summed E-state index contributed by atoms with van der Waals surface area (Å²) in [5.74, 6) is -4.53. The summed E-state index contributed by atoms with van der Waals surface area (Å²) in [6, 6.07) is 6.47. The summed E-state index contributed by atoms with van der Waals surface area (Å²) in [6.45, 7) is 3.13. The fourth-order valence-corrected chi connectivity index (χ4v) is 3.64. The zero-order valence-corrected chi connectivity index (χ0v) is 21.6. The topological polar surface area (TPSA) is 206 Å². The lowest BCUT2D eigenvalue weighted by molar-refractivity contribution is -0.139. The van der Waals surface area contributed by atoms with Gasteiger partial charge in [-0.3, -0.25) is 28.9 Å². The number of carboxylic acids is 4. The van der Waals surface area contributed by atoms with Crippen LogP contribution in [-0.2, 0) is 30.4 Å². The van der Waals surface area contributed by atoms with Crippen molar-refractivity contribution in [2.75, 3.05) is 44.6 Å². The van der Waals surface area contributed by atoms with E-state index in [4.69, 9.17) is 15.3 Å². The zero-order valence-electron chi connectivity index (χ0n) is 21.6. The molecule has 0 aliphatic rings. The Hall–Kier alpha value is -4.07. The molecule has 1 aromatic rings. The molecule has 0 aromatic heterocycles. The van der Waals surface area contributed by atoms with Crippen LogP contribution in [0.3, 0.4) is 0 Å². The summed E-state index contributed by atoms with van der Waals surface area (Å²) in [6.07, 6.45) is 3.73. The van der Waals surface area contributed by atoms with Crippen molar-refractivity contribution in [3.8, 4) is 0 Å². The summed E-state index contributed by atoms with van der Waals surface area (Å²) < 4.78 is 0. The van der Waals surface area contributed by atoms with Gasteiger partial charge in [0.15, 0.2) is 0 Å². The number of anilines is 1. The molecule has 1 unspecified atom stereocenters. The first-order valence-electron chi connectivity index (χ1n) is 12.2. The molecule has 0 radical (unpaired) electrons. The summed E-state index contributed by atoms with van der Waals surface area (Å²) in [4.78, 5) is 57.6. The fraction of sp³-hybridized carbons (Fsp3) is 0.423. The maximum atomic E-state index is 11.5. The first kappa shape index (κ1) is 33.0. The lowest BCUT2D eigenvalue weighted by Crippen LogP contribution is -2.45. The highest BCUT2D eigenvalue weighted by Crippen LogP contribution is 2.13. The number of hydrogen-bond donors (Lipinski definition) is 7. The van der Waals surface area contributed by atoms with Crippen molar-refractivity contribution in [2.45, 2.75) is 31.7 Å². The molecule has 0 saturated heterocycles. The maximum Gasteiger partial charge on any atom is 0.317 e. The molecule has 1 amide bonds. The third kappa shape index (κ3) is 16.4. The highest BCUT2D eigenvalue weighted by atomic mass is 16.4. The highest BCUT2D eigenvalue weighted by molar-refractivity contribution is 5.98. The quantitative estimate of drug-likeness (QED) is 0.0642. The zero-order chi connectivity index (χ0) is 29.2. The minimum absolute atomic E-state index is 0.129. The first-order valence-corrected chi connectivity index (χ1v) is 12.2. The molecule has 13 nitrogen and oxygen atoms in total. The van der Waals surface area contributed by atoms with E-state index >= 15 is 0 Å². The Morgan fingerprint density at radius 1 is 0.872 bits per heavy atom. The Kier molecular flexibility index (Phi) is 15.4. The molecule has 0 aliphatic carbocycles. The van der Waals surface area contributed by atoms with Gasteiger partial charge in [-0.25, -0.2) is 0 Å². The Bertz CT molecular complexity index is 1020. The van der Waals surface area contributed by atoms with Gasteiger partial charge >= 0.3 is 23.9 Å². The predicted molar refractivity (Wildman–Crippen MR) is 143 cm³/mol. The van der Waals surface area contributed by atoms with Crippen LogP contribution in [0.1, 0.15) is 24.8 Å². The van der Waals surface area contributed by atoms with E-state index in [0.29, 0.717) is 25.1 Å². The minimum atomic E-state index is -1.09. The van der Waals surface area contributed by atoms with Crippen molar-refractivity contribution in [1.29, 1.82) is 0 Å². The molecule has 0 spiro atoms. The van der Waals surface area contributed by atoms with Gasteiger partial charge in [0.25, 0.3) is 0 Å². The van der Waals surface area contributed by atoms with Crippen molar-refractivity contribution in [2.24, 2.45) is 0 Å². The number of nitrogens with one attached hydrogen (secondary N) is 3. The van der Waals surface area contributed by atoms with Crippen LogP contribution in [-0.4, -0.2) is 100 Å². The van der Waals surface area contributed by atoms with Crippen LogP contribution in [0.5, 0.6) is 0 Å². The van der Waals surface area contributed by atoms with E-state index in [9.17, 15) is 29.1 Å². The van der Waals surface area contributed by atoms with E-state index in [2.05, 4.69) is 22.5 Å². The summed E-state index contributed by atoms with van der Waals surface area (Å²) in [7, 11) is 0. The van der Waals surface area contributed by atoms with Gasteiger partial charge < -0.3 is 36.4 Å². The van der Waals surface area contributed by atoms with Gasteiger partial charge in [0.1, 0.15) is 0 Å². The number of amides is 1. The molecule has 1 aromatic carbocycles. The van der Waals surface area contributed by atoms with Crippen molar-refractivity contribution >= 4 is 35.5 Å². The van der Waals surface area contributed by atoms with E-state index in [-0.39, 0.29) is 51.5 Å². The number of carbonyl (C=O) groups is 5. The number of rotatable bonds is 21. The average molecular weight is 549 g/mol. The second-order valence-corrected chi connectivity index (χ2v) is 8.73.